The minimum absolute atomic E-state index is 0.369. The molecule has 0 unspecified atom stereocenters. The number of rotatable bonds is 3. The number of hydrogen-bond acceptors (Lipinski definition) is 3. The summed E-state index contributed by atoms with van der Waals surface area (Å²) < 4.78 is 0. The summed E-state index contributed by atoms with van der Waals surface area (Å²) >= 11 is 1.76. The lowest BCUT2D eigenvalue weighted by Crippen LogP contribution is -1.95. The maximum Gasteiger partial charge on any atom is 0.118 e. The van der Waals surface area contributed by atoms with Crippen LogP contribution in [0.2, 0.25) is 0 Å². The molecule has 0 N–H and O–H groups in total. The van der Waals surface area contributed by atoms with Crippen LogP contribution in [-0.4, -0.2) is 4.98 Å². The first kappa shape index (κ1) is 12.6. The largest absolute Gasteiger partial charge is 0.350 e. The molecule has 1 aromatic heterocycles. The van der Waals surface area contributed by atoms with Crippen molar-refractivity contribution in [2.75, 3.05) is 4.90 Å². The Morgan fingerprint density at radius 1 is 0.905 bits per heavy atom. The SMILES string of the molecule is Cc1csc([C@@H]2[C@@H](c3ccccc3)N2c2ccccc2)n1. The molecule has 3 aromatic rings. The standard InChI is InChI=1S/C18H16N2S/c1-13-12-21-18(19-13)17-16(14-8-4-2-5-9-14)20(17)15-10-6-3-7-11-15/h2-12,16-17H,1H3/t16-,17+,20?/m1/s1. The van der Waals surface area contributed by atoms with Gasteiger partial charge in [0.2, 0.25) is 0 Å². The van der Waals surface area contributed by atoms with Gasteiger partial charge in [0.25, 0.3) is 0 Å². The second-order valence-corrected chi connectivity index (χ2v) is 6.26. The summed E-state index contributed by atoms with van der Waals surface area (Å²) in [7, 11) is 0. The van der Waals surface area contributed by atoms with Crippen molar-refractivity contribution >= 4 is 17.0 Å². The van der Waals surface area contributed by atoms with Crippen molar-refractivity contribution in [3.8, 4) is 0 Å². The van der Waals surface area contributed by atoms with E-state index in [1.165, 1.54) is 16.3 Å². The molecule has 0 aliphatic carbocycles. The van der Waals surface area contributed by atoms with Gasteiger partial charge in [0, 0.05) is 16.8 Å². The van der Waals surface area contributed by atoms with Gasteiger partial charge in [-0.05, 0) is 24.6 Å². The number of aryl methyl sites for hydroxylation is 1. The third-order valence-electron chi connectivity index (χ3n) is 3.89. The lowest BCUT2D eigenvalue weighted by Gasteiger charge is -2.05. The molecule has 2 nitrogen and oxygen atoms in total. The molecule has 0 radical (unpaired) electrons. The zero-order chi connectivity index (χ0) is 14.2. The van der Waals surface area contributed by atoms with Gasteiger partial charge in [-0.25, -0.2) is 4.98 Å². The van der Waals surface area contributed by atoms with Crippen molar-refractivity contribution in [3.05, 3.63) is 82.3 Å². The number of anilines is 1. The van der Waals surface area contributed by atoms with Crippen LogP contribution in [0.4, 0.5) is 5.69 Å². The van der Waals surface area contributed by atoms with Crippen LogP contribution in [0.15, 0.2) is 66.0 Å². The van der Waals surface area contributed by atoms with E-state index in [-0.39, 0.29) is 0 Å². The predicted octanol–water partition coefficient (Wildman–Crippen LogP) is 4.75. The van der Waals surface area contributed by atoms with Crippen LogP contribution in [0.3, 0.4) is 0 Å². The van der Waals surface area contributed by atoms with Crippen molar-refractivity contribution in [2.45, 2.75) is 19.0 Å². The number of benzene rings is 2. The summed E-state index contributed by atoms with van der Waals surface area (Å²) in [6.45, 7) is 2.06. The molecule has 21 heavy (non-hydrogen) atoms. The lowest BCUT2D eigenvalue weighted by atomic mass is 10.1. The topological polar surface area (TPSA) is 15.9 Å². The zero-order valence-electron chi connectivity index (χ0n) is 11.8. The number of aromatic nitrogens is 1. The van der Waals surface area contributed by atoms with Crippen LogP contribution in [0.5, 0.6) is 0 Å². The minimum atomic E-state index is 0.369. The molecule has 0 bridgehead atoms. The van der Waals surface area contributed by atoms with Gasteiger partial charge in [0.05, 0.1) is 6.04 Å². The molecular formula is C18H16N2S. The second-order valence-electron chi connectivity index (χ2n) is 5.37. The Hall–Kier alpha value is -2.13. The molecule has 2 aromatic carbocycles. The fourth-order valence-corrected chi connectivity index (χ4v) is 3.83. The Morgan fingerprint density at radius 3 is 2.19 bits per heavy atom. The lowest BCUT2D eigenvalue weighted by molar-refractivity contribution is 0.993. The quantitative estimate of drug-likeness (QED) is 0.647. The summed E-state index contributed by atoms with van der Waals surface area (Å²) in [5.41, 5.74) is 3.74. The molecule has 3 heteroatoms. The first-order chi connectivity index (χ1) is 10.3. The van der Waals surface area contributed by atoms with Gasteiger partial charge < -0.3 is 4.90 Å². The number of thiazole rings is 1. The van der Waals surface area contributed by atoms with Crippen LogP contribution in [0, 0.1) is 6.92 Å². The summed E-state index contributed by atoms with van der Waals surface area (Å²) in [5, 5.41) is 3.35. The molecule has 0 spiro atoms. The van der Waals surface area contributed by atoms with Gasteiger partial charge in [-0.2, -0.15) is 0 Å². The smallest absolute Gasteiger partial charge is 0.118 e. The maximum atomic E-state index is 4.70. The molecule has 104 valence electrons. The third kappa shape index (κ3) is 2.24. The second kappa shape index (κ2) is 5.01. The molecular weight excluding hydrogens is 276 g/mol. The molecule has 1 fully saturated rings. The first-order valence-corrected chi connectivity index (χ1v) is 8.03. The Labute approximate surface area is 128 Å². The average molecular weight is 292 g/mol. The van der Waals surface area contributed by atoms with Crippen molar-refractivity contribution in [3.63, 3.8) is 0 Å². The Kier molecular flexibility index (Phi) is 3.00. The highest BCUT2D eigenvalue weighted by Crippen LogP contribution is 2.57. The third-order valence-corrected chi connectivity index (χ3v) is 4.93. The normalized spacial score (nSPS) is 20.5. The summed E-state index contributed by atoms with van der Waals surface area (Å²) in [6.07, 6.45) is 0. The van der Waals surface area contributed by atoms with Gasteiger partial charge in [-0.15, -0.1) is 11.3 Å². The number of para-hydroxylation sites is 1. The van der Waals surface area contributed by atoms with Crippen molar-refractivity contribution < 1.29 is 0 Å². The Morgan fingerprint density at radius 2 is 1.57 bits per heavy atom. The number of hydrogen-bond donors (Lipinski definition) is 0. The van der Waals surface area contributed by atoms with Crippen molar-refractivity contribution in [1.29, 1.82) is 0 Å². The van der Waals surface area contributed by atoms with E-state index in [4.69, 9.17) is 4.98 Å². The van der Waals surface area contributed by atoms with Crippen LogP contribution in [0.25, 0.3) is 0 Å². The Balaban J connectivity index is 1.73. The average Bonchev–Trinajstić information content (AvgIpc) is 3.15. The van der Waals surface area contributed by atoms with E-state index in [0.717, 1.165) is 5.69 Å². The van der Waals surface area contributed by atoms with Crippen LogP contribution < -0.4 is 4.90 Å². The monoisotopic (exact) mass is 292 g/mol. The highest BCUT2D eigenvalue weighted by atomic mass is 32.1. The summed E-state index contributed by atoms with van der Waals surface area (Å²) in [5.74, 6) is 0. The molecule has 0 amide bonds. The zero-order valence-corrected chi connectivity index (χ0v) is 12.6. The van der Waals surface area contributed by atoms with E-state index in [2.05, 4.69) is 77.9 Å². The molecule has 1 aliphatic heterocycles. The number of nitrogens with zero attached hydrogens (tertiary/aromatic N) is 2. The molecule has 1 saturated heterocycles. The highest BCUT2D eigenvalue weighted by Gasteiger charge is 2.51. The van der Waals surface area contributed by atoms with Gasteiger partial charge in [-0.3, -0.25) is 0 Å². The van der Waals surface area contributed by atoms with Crippen molar-refractivity contribution in [2.24, 2.45) is 0 Å². The minimum Gasteiger partial charge on any atom is -0.350 e. The highest BCUT2D eigenvalue weighted by molar-refractivity contribution is 7.09. The van der Waals surface area contributed by atoms with E-state index in [0.29, 0.717) is 12.1 Å². The molecule has 0 saturated carbocycles. The van der Waals surface area contributed by atoms with E-state index < -0.39 is 0 Å². The van der Waals surface area contributed by atoms with Crippen molar-refractivity contribution in [1.82, 2.24) is 4.98 Å². The summed E-state index contributed by atoms with van der Waals surface area (Å²) in [4.78, 5) is 7.15. The first-order valence-electron chi connectivity index (χ1n) is 7.15. The van der Waals surface area contributed by atoms with E-state index in [9.17, 15) is 0 Å². The fourth-order valence-electron chi connectivity index (χ4n) is 2.91. The molecule has 2 heterocycles. The molecule has 1 aliphatic rings. The molecule has 4 rings (SSSR count). The van der Waals surface area contributed by atoms with Gasteiger partial charge >= 0.3 is 0 Å². The van der Waals surface area contributed by atoms with E-state index in [1.807, 2.05) is 0 Å². The van der Waals surface area contributed by atoms with E-state index >= 15 is 0 Å². The van der Waals surface area contributed by atoms with E-state index in [1.54, 1.807) is 11.3 Å². The van der Waals surface area contributed by atoms with Crippen LogP contribution in [-0.2, 0) is 0 Å². The van der Waals surface area contributed by atoms with Crippen LogP contribution in [0.1, 0.15) is 28.3 Å². The van der Waals surface area contributed by atoms with Crippen LogP contribution >= 0.6 is 11.3 Å². The summed E-state index contributed by atoms with van der Waals surface area (Å²) in [6, 6.07) is 22.1. The predicted molar refractivity (Wildman–Crippen MR) is 87.7 cm³/mol. The van der Waals surface area contributed by atoms with Gasteiger partial charge in [0.15, 0.2) is 0 Å². The maximum absolute atomic E-state index is 4.70. The van der Waals surface area contributed by atoms with Gasteiger partial charge in [0.1, 0.15) is 11.0 Å². The molecule has 2 atom stereocenters. The fraction of sp³-hybridized carbons (Fsp3) is 0.167. The Bertz CT molecular complexity index is 691. The van der Waals surface area contributed by atoms with Gasteiger partial charge in [-0.1, -0.05) is 48.5 Å².